The highest BCUT2D eigenvalue weighted by Crippen LogP contribution is 2.38. The standard InChI is InChI=1S/C94H166NO8P/c1-6-8-10-12-14-16-18-20-22-24-26-28-30-32-34-36-38-40-42-44-46-47-49-50-52-54-56-58-60-62-64-66-68-70-72-74-76-78-80-82-84-86-93(96)100-90-92(91-102-104(98,99)101-89-88-95(3,4)5)103-94(97)87-85-83-81-79-77-75-73-71-69-67-65-63-61-59-57-55-53-51-48-45-43-41-39-37-35-33-31-29-27-25-23-21-19-17-15-13-11-9-7-2/h8-11,14-17,20-23,26-29,32-35,39,41,92H,6-7,12-13,18-19,24-25,30-31,36-38,40,42-91H2,1-5H3/b10-8-,11-9-,16-14-,17-15-,22-20-,23-21-,28-26-,29-27-,34-32-,35-33-,41-39-. The molecule has 0 saturated carbocycles. The highest BCUT2D eigenvalue weighted by molar-refractivity contribution is 7.45. The lowest BCUT2D eigenvalue weighted by Crippen LogP contribution is -2.37. The smallest absolute Gasteiger partial charge is 0.306 e. The first-order valence-corrected chi connectivity index (χ1v) is 45.4. The molecule has 9 nitrogen and oxygen atoms in total. The molecule has 0 bridgehead atoms. The van der Waals surface area contributed by atoms with Crippen LogP contribution in [0, 0.1) is 0 Å². The van der Waals surface area contributed by atoms with E-state index in [1.807, 2.05) is 21.1 Å². The van der Waals surface area contributed by atoms with Crippen LogP contribution in [0.25, 0.3) is 0 Å². The molecule has 600 valence electrons. The van der Waals surface area contributed by atoms with Gasteiger partial charge in [-0.2, -0.15) is 0 Å². The Morgan fingerprint density at radius 3 is 0.769 bits per heavy atom. The van der Waals surface area contributed by atoms with E-state index in [9.17, 15) is 19.0 Å². The van der Waals surface area contributed by atoms with Gasteiger partial charge >= 0.3 is 11.9 Å². The van der Waals surface area contributed by atoms with Crippen LogP contribution in [0.2, 0.25) is 0 Å². The monoisotopic (exact) mass is 1470 g/mol. The van der Waals surface area contributed by atoms with Crippen molar-refractivity contribution in [2.45, 2.75) is 405 Å². The molecule has 0 fully saturated rings. The number of quaternary nitrogens is 1. The van der Waals surface area contributed by atoms with Crippen molar-refractivity contribution in [3.05, 3.63) is 134 Å². The number of ether oxygens (including phenoxy) is 2. The van der Waals surface area contributed by atoms with Crippen LogP contribution in [0.1, 0.15) is 399 Å². The normalized spacial score (nSPS) is 13.6. The molecule has 0 aromatic rings. The Balaban J connectivity index is 3.89. The second kappa shape index (κ2) is 83.2. The van der Waals surface area contributed by atoms with Gasteiger partial charge in [-0.05, 0) is 109 Å². The minimum absolute atomic E-state index is 0.0314. The number of hydrogen-bond acceptors (Lipinski definition) is 8. The van der Waals surface area contributed by atoms with Crippen LogP contribution in [0.4, 0.5) is 0 Å². The van der Waals surface area contributed by atoms with Gasteiger partial charge < -0.3 is 27.9 Å². The number of allylic oxidation sites excluding steroid dienone is 22. The topological polar surface area (TPSA) is 111 Å². The summed E-state index contributed by atoms with van der Waals surface area (Å²) in [6, 6.07) is 0. The summed E-state index contributed by atoms with van der Waals surface area (Å²) in [4.78, 5) is 38.3. The molecule has 10 heteroatoms. The summed E-state index contributed by atoms with van der Waals surface area (Å²) < 4.78 is 34.5. The van der Waals surface area contributed by atoms with E-state index >= 15 is 0 Å². The lowest BCUT2D eigenvalue weighted by atomic mass is 10.0. The Morgan fingerprint density at radius 1 is 0.298 bits per heavy atom. The third-order valence-electron chi connectivity index (χ3n) is 19.2. The summed E-state index contributed by atoms with van der Waals surface area (Å²) in [6.45, 7) is 4.06. The maximum absolute atomic E-state index is 12.9. The van der Waals surface area contributed by atoms with Crippen LogP contribution in [0.5, 0.6) is 0 Å². The van der Waals surface area contributed by atoms with Crippen molar-refractivity contribution in [1.29, 1.82) is 0 Å². The SMILES string of the molecule is CC/C=C\C/C=C\C/C=C\C/C=C\C/C=C\C/C=C\CCCCCCCCCCCCCCCCCCCCCCC(=O)OC(COC(=O)CCCCCCCCCCCCCCCCCCCCCCCCCCC/C=C\C/C=C\C/C=C\C/C=C\C/C=C\CC)COP(=O)([O-])OCC[N+](C)(C)C. The number of carbonyl (C=O) groups excluding carboxylic acids is 2. The van der Waals surface area contributed by atoms with Crippen LogP contribution in [-0.2, 0) is 32.7 Å². The molecular weight excluding hydrogens is 1300 g/mol. The van der Waals surface area contributed by atoms with Crippen molar-refractivity contribution in [2.24, 2.45) is 0 Å². The maximum atomic E-state index is 12.9. The number of hydrogen-bond donors (Lipinski definition) is 0. The van der Waals surface area contributed by atoms with Gasteiger partial charge in [0.25, 0.3) is 7.82 Å². The quantitative estimate of drug-likeness (QED) is 0.0195. The van der Waals surface area contributed by atoms with Crippen LogP contribution in [0.3, 0.4) is 0 Å². The Morgan fingerprint density at radius 2 is 0.519 bits per heavy atom. The summed E-state index contributed by atoms with van der Waals surface area (Å²) in [5.74, 6) is -0.815. The molecule has 0 aromatic heterocycles. The summed E-state index contributed by atoms with van der Waals surface area (Å²) in [5, 5.41) is 0. The minimum Gasteiger partial charge on any atom is -0.756 e. The molecule has 0 aliphatic heterocycles. The zero-order valence-electron chi connectivity index (χ0n) is 68.7. The zero-order valence-corrected chi connectivity index (χ0v) is 69.6. The fourth-order valence-electron chi connectivity index (χ4n) is 12.6. The minimum atomic E-state index is -4.65. The molecule has 0 aromatic carbocycles. The van der Waals surface area contributed by atoms with Gasteiger partial charge in [0.05, 0.1) is 27.7 Å². The number of likely N-dealkylation sites (N-methyl/N-ethyl adjacent to an activating group) is 1. The molecule has 0 aliphatic rings. The first-order chi connectivity index (χ1) is 51.0. The van der Waals surface area contributed by atoms with E-state index in [-0.39, 0.29) is 32.0 Å². The summed E-state index contributed by atoms with van der Waals surface area (Å²) in [7, 11) is 1.18. The predicted octanol–water partition coefficient (Wildman–Crippen LogP) is 29.2. The zero-order chi connectivity index (χ0) is 75.4. The van der Waals surface area contributed by atoms with Gasteiger partial charge in [-0.25, -0.2) is 0 Å². The van der Waals surface area contributed by atoms with E-state index in [0.717, 1.165) is 109 Å². The summed E-state index contributed by atoms with van der Waals surface area (Å²) in [5.41, 5.74) is 0. The van der Waals surface area contributed by atoms with E-state index in [4.69, 9.17) is 18.5 Å². The first-order valence-electron chi connectivity index (χ1n) is 43.9. The molecule has 0 amide bonds. The molecule has 0 aliphatic carbocycles. The molecular formula is C94H166NO8P. The van der Waals surface area contributed by atoms with Gasteiger partial charge in [-0.15, -0.1) is 0 Å². The largest absolute Gasteiger partial charge is 0.756 e. The van der Waals surface area contributed by atoms with Crippen LogP contribution >= 0.6 is 7.82 Å². The second-order valence-corrected chi connectivity index (χ2v) is 31.9. The lowest BCUT2D eigenvalue weighted by Gasteiger charge is -2.28. The molecule has 2 atom stereocenters. The Bertz CT molecular complexity index is 2230. The fraction of sp³-hybridized carbons (Fsp3) is 0.745. The van der Waals surface area contributed by atoms with Crippen molar-refractivity contribution in [2.75, 3.05) is 47.5 Å². The highest BCUT2D eigenvalue weighted by atomic mass is 31.2. The maximum Gasteiger partial charge on any atom is 0.306 e. The fourth-order valence-corrected chi connectivity index (χ4v) is 13.3. The van der Waals surface area contributed by atoms with Crippen molar-refractivity contribution in [3.8, 4) is 0 Å². The Hall–Kier alpha value is -3.85. The molecule has 0 heterocycles. The number of unbranched alkanes of at least 4 members (excludes halogenated alkanes) is 45. The number of rotatable bonds is 81. The molecule has 0 rings (SSSR count). The van der Waals surface area contributed by atoms with E-state index in [1.165, 1.54) is 257 Å². The van der Waals surface area contributed by atoms with E-state index in [2.05, 4.69) is 148 Å². The van der Waals surface area contributed by atoms with Crippen LogP contribution < -0.4 is 4.89 Å². The van der Waals surface area contributed by atoms with Crippen molar-refractivity contribution in [1.82, 2.24) is 0 Å². The third-order valence-corrected chi connectivity index (χ3v) is 20.1. The first kappa shape index (κ1) is 100. The van der Waals surface area contributed by atoms with Gasteiger partial charge in [0, 0.05) is 12.8 Å². The number of esters is 2. The van der Waals surface area contributed by atoms with Crippen molar-refractivity contribution < 1.29 is 42.1 Å². The van der Waals surface area contributed by atoms with Crippen molar-refractivity contribution >= 4 is 19.8 Å². The average molecular weight is 1470 g/mol. The van der Waals surface area contributed by atoms with E-state index in [0.29, 0.717) is 17.4 Å². The van der Waals surface area contributed by atoms with Gasteiger partial charge in [-0.1, -0.05) is 411 Å². The van der Waals surface area contributed by atoms with Gasteiger partial charge in [0.1, 0.15) is 19.8 Å². The molecule has 104 heavy (non-hydrogen) atoms. The molecule has 0 radical (unpaired) electrons. The number of carbonyl (C=O) groups is 2. The van der Waals surface area contributed by atoms with Crippen LogP contribution in [-0.4, -0.2) is 70.0 Å². The molecule has 2 unspecified atom stereocenters. The predicted molar refractivity (Wildman–Crippen MR) is 452 cm³/mol. The molecule has 0 saturated heterocycles. The summed E-state index contributed by atoms with van der Waals surface area (Å²) in [6.07, 6.45) is 122. The second-order valence-electron chi connectivity index (χ2n) is 30.5. The highest BCUT2D eigenvalue weighted by Gasteiger charge is 2.22. The van der Waals surface area contributed by atoms with E-state index < -0.39 is 26.5 Å². The van der Waals surface area contributed by atoms with Crippen LogP contribution in [0.15, 0.2) is 134 Å². The number of phosphoric acid groups is 1. The van der Waals surface area contributed by atoms with Gasteiger partial charge in [-0.3, -0.25) is 14.2 Å². The van der Waals surface area contributed by atoms with Gasteiger partial charge in [0.15, 0.2) is 6.10 Å². The Kier molecular flexibility index (Phi) is 80.1. The third kappa shape index (κ3) is 87.1. The Labute approximate surface area is 644 Å². The molecule has 0 spiro atoms. The average Bonchev–Trinajstić information content (AvgIpc) is 0.915. The van der Waals surface area contributed by atoms with Gasteiger partial charge in [0.2, 0.25) is 0 Å². The number of phosphoric ester groups is 1. The van der Waals surface area contributed by atoms with E-state index in [1.54, 1.807) is 0 Å². The van der Waals surface area contributed by atoms with Crippen molar-refractivity contribution in [3.63, 3.8) is 0 Å². The number of nitrogens with zero attached hydrogens (tertiary/aromatic N) is 1. The summed E-state index contributed by atoms with van der Waals surface area (Å²) >= 11 is 0. The lowest BCUT2D eigenvalue weighted by molar-refractivity contribution is -0.870. The molecule has 0 N–H and O–H groups in total.